The number of ether oxygens (including phenoxy) is 8. The van der Waals surface area contributed by atoms with Crippen LogP contribution in [0.3, 0.4) is 0 Å². The van der Waals surface area contributed by atoms with E-state index >= 15 is 0 Å². The summed E-state index contributed by atoms with van der Waals surface area (Å²) in [6.45, 7) is 21.6. The predicted molar refractivity (Wildman–Crippen MR) is 220 cm³/mol. The molecule has 0 spiro atoms. The number of aliphatic hydroxyl groups is 2. The molecule has 5 aliphatic rings. The number of carbonyl (C=O) groups excluding carboxylic acids is 5. The zero-order valence-electron chi connectivity index (χ0n) is 37.6. The van der Waals surface area contributed by atoms with Crippen LogP contribution in [0.1, 0.15) is 106 Å². The van der Waals surface area contributed by atoms with Crippen molar-refractivity contribution in [3.63, 3.8) is 0 Å². The fourth-order valence-corrected chi connectivity index (χ4v) is 10.8. The third kappa shape index (κ3) is 8.28. The fraction of sp³-hybridized carbons (Fsp3) is 0.674. The number of benzene rings is 1. The van der Waals surface area contributed by atoms with Crippen molar-refractivity contribution in [3.8, 4) is 0 Å². The van der Waals surface area contributed by atoms with Crippen LogP contribution in [0.15, 0.2) is 54.1 Å². The average molecular weight is 870 g/mol. The minimum Gasteiger partial charge on any atom is -0.457 e. The summed E-state index contributed by atoms with van der Waals surface area (Å²) >= 11 is 0. The molecule has 0 radical (unpaired) electrons. The molecule has 2 aliphatic heterocycles. The number of amides is 1. The number of carbonyl (C=O) groups is 5. The summed E-state index contributed by atoms with van der Waals surface area (Å²) in [5, 5.41) is 27.1. The number of esters is 4. The highest BCUT2D eigenvalue weighted by Crippen LogP contribution is 2.70. The van der Waals surface area contributed by atoms with Crippen LogP contribution in [0, 0.1) is 22.7 Å². The molecule has 0 aromatic heterocycles. The Bertz CT molecular complexity index is 1950. The van der Waals surface area contributed by atoms with Crippen LogP contribution >= 0.6 is 0 Å². The normalized spacial score (nSPS) is 34.7. The van der Waals surface area contributed by atoms with E-state index in [1.807, 2.05) is 20.8 Å². The summed E-state index contributed by atoms with van der Waals surface area (Å²) in [6.07, 6.45) is -8.88. The van der Waals surface area contributed by atoms with Crippen LogP contribution in [0.25, 0.3) is 0 Å². The van der Waals surface area contributed by atoms with E-state index in [0.717, 1.165) is 0 Å². The first-order valence-corrected chi connectivity index (χ1v) is 21.3. The fourth-order valence-electron chi connectivity index (χ4n) is 10.8. The van der Waals surface area contributed by atoms with Gasteiger partial charge >= 0.3 is 30.0 Å². The topological polar surface area (TPSA) is 212 Å². The third-order valence-electron chi connectivity index (χ3n) is 13.3. The van der Waals surface area contributed by atoms with Gasteiger partial charge < -0.3 is 53.4 Å². The first-order chi connectivity index (χ1) is 28.8. The highest BCUT2D eigenvalue weighted by Gasteiger charge is 2.81. The Balaban J connectivity index is 1.58. The second-order valence-corrected chi connectivity index (χ2v) is 19.5. The Hall–Kier alpha value is -4.35. The largest absolute Gasteiger partial charge is 0.457 e. The maximum atomic E-state index is 14.6. The van der Waals surface area contributed by atoms with Crippen molar-refractivity contribution in [2.24, 2.45) is 22.7 Å². The number of nitrogens with one attached hydrogen (secondary N) is 1. The van der Waals surface area contributed by atoms with Crippen LogP contribution in [0.2, 0.25) is 0 Å². The van der Waals surface area contributed by atoms with Gasteiger partial charge in [-0.05, 0) is 83.2 Å². The molecule has 1 aromatic carbocycles. The van der Waals surface area contributed by atoms with E-state index in [0.29, 0.717) is 5.57 Å². The average Bonchev–Trinajstić information content (AvgIpc) is 3.41. The van der Waals surface area contributed by atoms with E-state index in [2.05, 4.69) is 11.9 Å². The number of rotatable bonds is 12. The molecule has 6 rings (SSSR count). The Morgan fingerprint density at radius 2 is 1.65 bits per heavy atom. The summed E-state index contributed by atoms with van der Waals surface area (Å²) in [7, 11) is 0. The molecule has 1 amide bonds. The lowest BCUT2D eigenvalue weighted by molar-refractivity contribution is -0.392. The number of alkyl carbamates (subject to hydrolysis) is 1. The van der Waals surface area contributed by atoms with Crippen molar-refractivity contribution >= 4 is 30.0 Å². The van der Waals surface area contributed by atoms with Gasteiger partial charge in [-0.15, -0.1) is 0 Å². The smallest absolute Gasteiger partial charge is 0.407 e. The first-order valence-electron chi connectivity index (χ1n) is 21.3. The summed E-state index contributed by atoms with van der Waals surface area (Å²) in [6, 6.07) is 7.11. The Kier molecular flexibility index (Phi) is 12.9. The van der Waals surface area contributed by atoms with Crippen molar-refractivity contribution < 1.29 is 72.1 Å². The van der Waals surface area contributed by atoms with Crippen LogP contribution < -0.4 is 5.32 Å². The maximum absolute atomic E-state index is 14.6. The maximum Gasteiger partial charge on any atom is 0.407 e. The molecule has 3 aliphatic carbocycles. The minimum absolute atomic E-state index is 0.0845. The van der Waals surface area contributed by atoms with Gasteiger partial charge in [-0.25, -0.2) is 14.4 Å². The van der Waals surface area contributed by atoms with Crippen molar-refractivity contribution in [1.29, 1.82) is 0 Å². The number of hydrogen-bond donors (Lipinski definition) is 3. The van der Waals surface area contributed by atoms with Crippen LogP contribution in [0.4, 0.5) is 4.79 Å². The van der Waals surface area contributed by atoms with Crippen molar-refractivity contribution in [2.45, 2.75) is 167 Å². The second kappa shape index (κ2) is 17.0. The molecular formula is C46H63NO15. The van der Waals surface area contributed by atoms with E-state index in [9.17, 15) is 34.2 Å². The monoisotopic (exact) mass is 869 g/mol. The second-order valence-electron chi connectivity index (χ2n) is 19.5. The van der Waals surface area contributed by atoms with Gasteiger partial charge in [-0.1, -0.05) is 45.5 Å². The molecule has 1 aromatic rings. The molecule has 16 heteroatoms. The highest BCUT2D eigenvalue weighted by molar-refractivity contribution is 5.89. The van der Waals surface area contributed by atoms with E-state index in [1.54, 1.807) is 58.0 Å². The first kappa shape index (κ1) is 47.1. The van der Waals surface area contributed by atoms with Gasteiger partial charge in [-0.3, -0.25) is 9.59 Å². The summed E-state index contributed by atoms with van der Waals surface area (Å²) in [5.74, 6) is -4.40. The third-order valence-corrected chi connectivity index (χ3v) is 13.3. The van der Waals surface area contributed by atoms with Gasteiger partial charge in [0.2, 0.25) is 0 Å². The molecule has 2 saturated heterocycles. The standard InChI is InChI=1S/C46H63NO15/c1-13-32-58-30-20-31-46(22-55-31,61-26(6)49)36-38(60-39(51)27-17-15-14-16-18-27)45(43(10,11)54)21-29(24(4)33(45)35(56-25(5)48)37(59-32)44(30,36)12)57-40(52)34(50)28(19-23(2)3)47-41(53)62-42(7,8)9/h13-18,23,28-32,34-38,50,54H,1,19-22H2,2-12H3,(H,47,53)/t28-,29-,30-,31+,32+,34+,35-,36?,37-,38-,44+,45-,46-/m0/s1. The Labute approximate surface area is 362 Å². The molecule has 3 N–H and O–H groups in total. The predicted octanol–water partition coefficient (Wildman–Crippen LogP) is 4.87. The van der Waals surface area contributed by atoms with E-state index in [-0.39, 0.29) is 42.9 Å². The molecule has 2 saturated carbocycles. The lowest BCUT2D eigenvalue weighted by atomic mass is 9.49. The van der Waals surface area contributed by atoms with Gasteiger partial charge in [0.1, 0.15) is 30.0 Å². The summed E-state index contributed by atoms with van der Waals surface area (Å²) < 4.78 is 50.5. The zero-order valence-corrected chi connectivity index (χ0v) is 37.6. The summed E-state index contributed by atoms with van der Waals surface area (Å²) in [5.41, 5.74) is -6.62. The van der Waals surface area contributed by atoms with Gasteiger partial charge in [0, 0.05) is 32.1 Å². The highest BCUT2D eigenvalue weighted by atomic mass is 16.7. The zero-order chi connectivity index (χ0) is 45.9. The Morgan fingerprint density at radius 1 is 0.984 bits per heavy atom. The van der Waals surface area contributed by atoms with Gasteiger partial charge in [0.15, 0.2) is 24.1 Å². The van der Waals surface area contributed by atoms with Crippen LogP contribution in [0.5, 0.6) is 0 Å². The molecule has 1 unspecified atom stereocenters. The minimum atomic E-state index is -1.91. The molecule has 62 heavy (non-hydrogen) atoms. The number of fused-ring (bicyclic) bond motifs is 3. The Morgan fingerprint density at radius 3 is 2.18 bits per heavy atom. The molecule has 16 nitrogen and oxygen atoms in total. The van der Waals surface area contributed by atoms with Crippen molar-refractivity contribution in [1.82, 2.24) is 5.32 Å². The van der Waals surface area contributed by atoms with Crippen molar-refractivity contribution in [3.05, 3.63) is 59.7 Å². The van der Waals surface area contributed by atoms with Gasteiger partial charge in [0.25, 0.3) is 0 Å². The van der Waals surface area contributed by atoms with Crippen LogP contribution in [-0.2, 0) is 52.3 Å². The molecule has 13 atom stereocenters. The lowest BCUT2D eigenvalue weighted by Crippen LogP contribution is -2.80. The summed E-state index contributed by atoms with van der Waals surface area (Å²) in [4.78, 5) is 68.3. The van der Waals surface area contributed by atoms with Gasteiger partial charge in [0.05, 0.1) is 41.3 Å². The number of hydrogen-bond acceptors (Lipinski definition) is 15. The van der Waals surface area contributed by atoms with Crippen molar-refractivity contribution in [2.75, 3.05) is 6.61 Å². The number of aliphatic hydroxyl groups excluding tert-OH is 1. The molecule has 2 heterocycles. The van der Waals surface area contributed by atoms with Gasteiger partial charge in [-0.2, -0.15) is 0 Å². The SMILES string of the molecule is C=C[C@@H]1O[C@H]2C[C@H]3OC[C@@]3(OC(C)=O)C3[C@H](OC(=O)c4ccccc4)[C@]4(C(C)(C)O)C[C@H](OC(=O)[C@H](O)[C@H](CC(C)C)NC(=O)OC(C)(C)C)C(C)=C4[C@H](OC(C)=O)[C@H](O1)[C@@]32C. The van der Waals surface area contributed by atoms with E-state index in [1.165, 1.54) is 33.8 Å². The van der Waals surface area contributed by atoms with E-state index < -0.39 is 119 Å². The lowest BCUT2D eigenvalue weighted by Gasteiger charge is -2.67. The molecule has 342 valence electrons. The molecule has 0 bridgehead atoms. The molecular weight excluding hydrogens is 806 g/mol. The van der Waals surface area contributed by atoms with Crippen LogP contribution in [-0.4, -0.2) is 119 Å². The quantitative estimate of drug-likeness (QED) is 0.145. The molecule has 4 fully saturated rings. The van der Waals surface area contributed by atoms with E-state index in [4.69, 9.17) is 37.9 Å².